The topological polar surface area (TPSA) is 71.3 Å². The van der Waals surface area contributed by atoms with E-state index in [0.717, 1.165) is 22.4 Å². The first kappa shape index (κ1) is 16.7. The Bertz CT molecular complexity index is 898. The summed E-state index contributed by atoms with van der Waals surface area (Å²) in [5, 5.41) is 10.6. The van der Waals surface area contributed by atoms with Gasteiger partial charge in [-0.1, -0.05) is 22.8 Å². The fraction of sp³-hybridized carbons (Fsp3) is 0.211. The molecule has 3 rings (SSSR count). The third-order valence-corrected chi connectivity index (χ3v) is 3.91. The number of nitrogens with zero attached hydrogens (tertiary/aromatic N) is 3. The Morgan fingerprint density at radius 3 is 2.44 bits per heavy atom. The molecule has 6 heteroatoms. The van der Waals surface area contributed by atoms with Gasteiger partial charge in [0, 0.05) is 30.9 Å². The molecule has 1 N–H and O–H groups in total. The van der Waals surface area contributed by atoms with Crippen molar-refractivity contribution in [2.24, 2.45) is 0 Å². The molecule has 1 aromatic heterocycles. The summed E-state index contributed by atoms with van der Waals surface area (Å²) in [6.45, 7) is 3.98. The van der Waals surface area contributed by atoms with Crippen LogP contribution in [0.4, 0.5) is 11.7 Å². The van der Waals surface area contributed by atoms with E-state index in [9.17, 15) is 4.79 Å². The van der Waals surface area contributed by atoms with Crippen LogP contribution in [0.3, 0.4) is 0 Å². The summed E-state index contributed by atoms with van der Waals surface area (Å²) in [7, 11) is 3.89. The molecule has 0 radical (unpaired) electrons. The molecule has 1 heterocycles. The Morgan fingerprint density at radius 1 is 1.04 bits per heavy atom. The maximum absolute atomic E-state index is 12.3. The Labute approximate surface area is 146 Å². The number of aromatic nitrogens is 2. The first-order valence-corrected chi connectivity index (χ1v) is 7.94. The molecule has 0 saturated carbocycles. The van der Waals surface area contributed by atoms with Crippen LogP contribution in [0, 0.1) is 13.8 Å². The maximum atomic E-state index is 12.3. The summed E-state index contributed by atoms with van der Waals surface area (Å²) in [5.41, 5.74) is 4.55. The minimum atomic E-state index is -0.290. The van der Waals surface area contributed by atoms with Crippen LogP contribution in [0.5, 0.6) is 0 Å². The lowest BCUT2D eigenvalue weighted by molar-refractivity contribution is 0.102. The summed E-state index contributed by atoms with van der Waals surface area (Å²) >= 11 is 0. The van der Waals surface area contributed by atoms with E-state index in [-0.39, 0.29) is 11.9 Å². The average molecular weight is 336 g/mol. The van der Waals surface area contributed by atoms with Gasteiger partial charge in [-0.2, -0.15) is 0 Å². The van der Waals surface area contributed by atoms with E-state index in [4.69, 9.17) is 4.42 Å². The zero-order chi connectivity index (χ0) is 18.0. The van der Waals surface area contributed by atoms with Crippen LogP contribution in [-0.4, -0.2) is 30.2 Å². The minimum absolute atomic E-state index is 0.0811. The zero-order valence-corrected chi connectivity index (χ0v) is 14.7. The van der Waals surface area contributed by atoms with Crippen LogP contribution in [0.1, 0.15) is 21.5 Å². The van der Waals surface area contributed by atoms with Gasteiger partial charge in [-0.25, -0.2) is 0 Å². The number of hydrogen-bond donors (Lipinski definition) is 1. The number of carbonyl (C=O) groups is 1. The first-order valence-electron chi connectivity index (χ1n) is 7.94. The molecule has 0 aliphatic carbocycles. The first-order chi connectivity index (χ1) is 11.9. The molecule has 0 aliphatic heterocycles. The van der Waals surface area contributed by atoms with Gasteiger partial charge in [0.1, 0.15) is 0 Å². The highest BCUT2D eigenvalue weighted by molar-refractivity contribution is 6.03. The third kappa shape index (κ3) is 3.68. The summed E-state index contributed by atoms with van der Waals surface area (Å²) in [6.07, 6.45) is 0. The van der Waals surface area contributed by atoms with E-state index in [2.05, 4.69) is 15.5 Å². The van der Waals surface area contributed by atoms with Crippen LogP contribution >= 0.6 is 0 Å². The predicted molar refractivity (Wildman–Crippen MR) is 97.9 cm³/mol. The second-order valence-electron chi connectivity index (χ2n) is 6.13. The summed E-state index contributed by atoms with van der Waals surface area (Å²) in [6, 6.07) is 13.4. The highest BCUT2D eigenvalue weighted by atomic mass is 16.4. The largest absolute Gasteiger partial charge is 0.403 e. The normalized spacial score (nSPS) is 10.6. The van der Waals surface area contributed by atoms with Crippen molar-refractivity contribution in [1.82, 2.24) is 10.2 Å². The maximum Gasteiger partial charge on any atom is 0.322 e. The highest BCUT2D eigenvalue weighted by Crippen LogP contribution is 2.24. The monoisotopic (exact) mass is 336 g/mol. The van der Waals surface area contributed by atoms with Crippen LogP contribution < -0.4 is 10.2 Å². The van der Waals surface area contributed by atoms with Gasteiger partial charge in [0.15, 0.2) is 0 Å². The number of amides is 1. The number of benzene rings is 2. The molecule has 25 heavy (non-hydrogen) atoms. The molecule has 1 amide bonds. The van der Waals surface area contributed by atoms with Gasteiger partial charge in [0.05, 0.1) is 0 Å². The fourth-order valence-electron chi connectivity index (χ4n) is 2.43. The molecule has 2 aromatic carbocycles. The van der Waals surface area contributed by atoms with Gasteiger partial charge in [-0.15, -0.1) is 5.10 Å². The fourth-order valence-corrected chi connectivity index (χ4v) is 2.43. The van der Waals surface area contributed by atoms with E-state index in [1.165, 1.54) is 0 Å². The Morgan fingerprint density at radius 2 is 1.76 bits per heavy atom. The second kappa shape index (κ2) is 6.76. The van der Waals surface area contributed by atoms with Gasteiger partial charge >= 0.3 is 6.01 Å². The molecule has 6 nitrogen and oxygen atoms in total. The lowest BCUT2D eigenvalue weighted by atomic mass is 10.1. The summed E-state index contributed by atoms with van der Waals surface area (Å²) < 4.78 is 5.60. The van der Waals surface area contributed by atoms with Crippen LogP contribution in [0.2, 0.25) is 0 Å². The Balaban J connectivity index is 1.77. The number of hydrogen-bond acceptors (Lipinski definition) is 5. The van der Waals surface area contributed by atoms with Crippen molar-refractivity contribution in [3.8, 4) is 11.5 Å². The van der Waals surface area contributed by atoms with Crippen molar-refractivity contribution in [2.75, 3.05) is 24.3 Å². The van der Waals surface area contributed by atoms with E-state index >= 15 is 0 Å². The quantitative estimate of drug-likeness (QED) is 0.787. The lowest BCUT2D eigenvalue weighted by Gasteiger charge is -2.12. The summed E-state index contributed by atoms with van der Waals surface area (Å²) in [5.74, 6) is 0.0981. The lowest BCUT2D eigenvalue weighted by Crippen LogP contribution is -2.13. The van der Waals surface area contributed by atoms with Crippen molar-refractivity contribution in [3.05, 3.63) is 59.2 Å². The number of nitrogens with one attached hydrogen (secondary N) is 1. The van der Waals surface area contributed by atoms with Gasteiger partial charge in [-0.3, -0.25) is 10.1 Å². The SMILES string of the molecule is Cc1ccc(C)c(-c2nnc(NC(=O)c3ccc(N(C)C)cc3)o2)c1. The van der Waals surface area contributed by atoms with Crippen LogP contribution in [-0.2, 0) is 0 Å². The van der Waals surface area contributed by atoms with Crippen molar-refractivity contribution in [2.45, 2.75) is 13.8 Å². The van der Waals surface area contributed by atoms with Gasteiger partial charge in [0.25, 0.3) is 5.91 Å². The highest BCUT2D eigenvalue weighted by Gasteiger charge is 2.14. The molecular weight excluding hydrogens is 316 g/mol. The van der Waals surface area contributed by atoms with Gasteiger partial charge < -0.3 is 9.32 Å². The Kier molecular flexibility index (Phi) is 4.52. The van der Waals surface area contributed by atoms with Gasteiger partial charge in [0.2, 0.25) is 5.89 Å². The second-order valence-corrected chi connectivity index (χ2v) is 6.13. The molecule has 3 aromatic rings. The zero-order valence-electron chi connectivity index (χ0n) is 14.7. The van der Waals surface area contributed by atoms with Crippen LogP contribution in [0.15, 0.2) is 46.9 Å². The third-order valence-electron chi connectivity index (χ3n) is 3.91. The van der Waals surface area contributed by atoms with E-state index in [0.29, 0.717) is 11.5 Å². The smallest absolute Gasteiger partial charge is 0.322 e. The molecular formula is C19H20N4O2. The van der Waals surface area contributed by atoms with E-state index in [1.807, 2.05) is 63.2 Å². The minimum Gasteiger partial charge on any atom is -0.403 e. The molecule has 0 unspecified atom stereocenters. The number of anilines is 2. The van der Waals surface area contributed by atoms with E-state index < -0.39 is 0 Å². The van der Waals surface area contributed by atoms with E-state index in [1.54, 1.807) is 12.1 Å². The number of rotatable bonds is 4. The molecule has 0 fully saturated rings. The molecule has 0 bridgehead atoms. The summed E-state index contributed by atoms with van der Waals surface area (Å²) in [4.78, 5) is 14.3. The van der Waals surface area contributed by atoms with Crippen molar-refractivity contribution < 1.29 is 9.21 Å². The van der Waals surface area contributed by atoms with Crippen molar-refractivity contribution >= 4 is 17.6 Å². The molecule has 0 atom stereocenters. The standard InChI is InChI=1S/C19H20N4O2/c1-12-5-6-13(2)16(11-12)18-21-22-19(25-18)20-17(24)14-7-9-15(10-8-14)23(3)4/h5-11H,1-4H3,(H,20,22,24). The number of aryl methyl sites for hydroxylation is 2. The van der Waals surface area contributed by atoms with Gasteiger partial charge in [-0.05, 0) is 49.7 Å². The molecule has 0 spiro atoms. The number of carbonyl (C=O) groups excluding carboxylic acids is 1. The van der Waals surface area contributed by atoms with Crippen molar-refractivity contribution in [3.63, 3.8) is 0 Å². The average Bonchev–Trinajstić information content (AvgIpc) is 3.05. The molecule has 0 saturated heterocycles. The molecule has 0 aliphatic rings. The Hall–Kier alpha value is -3.15. The molecule has 128 valence electrons. The predicted octanol–water partition coefficient (Wildman–Crippen LogP) is 3.67. The van der Waals surface area contributed by atoms with Crippen LogP contribution in [0.25, 0.3) is 11.5 Å². The van der Waals surface area contributed by atoms with Crippen molar-refractivity contribution in [1.29, 1.82) is 0 Å².